The van der Waals surface area contributed by atoms with Gasteiger partial charge < -0.3 is 9.47 Å². The molecule has 0 aromatic heterocycles. The molecule has 0 saturated carbocycles. The molecule has 0 radical (unpaired) electrons. The monoisotopic (exact) mass is 277 g/mol. The molecular formula is C14H15NO3S. The molecule has 0 amide bonds. The number of para-hydroxylation sites is 1. The zero-order valence-corrected chi connectivity index (χ0v) is 11.5. The van der Waals surface area contributed by atoms with Crippen LogP contribution in [0.1, 0.15) is 6.92 Å². The minimum absolute atomic E-state index is 0.0887. The molecule has 0 bridgehead atoms. The van der Waals surface area contributed by atoms with Gasteiger partial charge in [-0.05, 0) is 19.1 Å². The second kappa shape index (κ2) is 6.43. The highest BCUT2D eigenvalue weighted by atomic mass is 32.2. The Morgan fingerprint density at radius 3 is 2.95 bits per heavy atom. The minimum Gasteiger partial charge on any atom is -0.471 e. The second-order valence-corrected chi connectivity index (χ2v) is 5.39. The van der Waals surface area contributed by atoms with Gasteiger partial charge in [0, 0.05) is 5.57 Å². The predicted octanol–water partition coefficient (Wildman–Crippen LogP) is 2.93. The number of hydrogen-bond acceptors (Lipinski definition) is 5. The van der Waals surface area contributed by atoms with Crippen LogP contribution < -0.4 is 0 Å². The fourth-order valence-electron chi connectivity index (χ4n) is 1.42. The summed E-state index contributed by atoms with van der Waals surface area (Å²) in [5.74, 6) is -0.367. The Balaban J connectivity index is 1.85. The van der Waals surface area contributed by atoms with Crippen LogP contribution in [0, 0.1) is 0 Å². The highest BCUT2D eigenvalue weighted by Gasteiger charge is 2.24. The van der Waals surface area contributed by atoms with Gasteiger partial charge in [0.25, 0.3) is 5.23 Å². The lowest BCUT2D eigenvalue weighted by Gasteiger charge is -2.06. The van der Waals surface area contributed by atoms with Crippen LogP contribution in [0.5, 0.6) is 0 Å². The van der Waals surface area contributed by atoms with Gasteiger partial charge >= 0.3 is 5.97 Å². The number of aliphatic imine (C=N–C) groups is 1. The molecule has 1 heterocycles. The van der Waals surface area contributed by atoms with Gasteiger partial charge in [0.2, 0.25) is 0 Å². The minimum atomic E-state index is -0.367. The van der Waals surface area contributed by atoms with Crippen molar-refractivity contribution in [3.63, 3.8) is 0 Å². The molecular weight excluding hydrogens is 262 g/mol. The third-order valence-corrected chi connectivity index (χ3v) is 3.40. The van der Waals surface area contributed by atoms with E-state index in [-0.39, 0.29) is 11.2 Å². The molecule has 1 aliphatic rings. The van der Waals surface area contributed by atoms with E-state index >= 15 is 0 Å². The van der Waals surface area contributed by atoms with Gasteiger partial charge in [-0.3, -0.25) is 0 Å². The zero-order chi connectivity index (χ0) is 13.7. The maximum atomic E-state index is 11.3. The van der Waals surface area contributed by atoms with Crippen LogP contribution in [0.3, 0.4) is 0 Å². The van der Waals surface area contributed by atoms with Crippen LogP contribution in [0.2, 0.25) is 0 Å². The molecule has 1 fully saturated rings. The summed E-state index contributed by atoms with van der Waals surface area (Å²) in [6.45, 7) is 5.97. The molecule has 5 heteroatoms. The van der Waals surface area contributed by atoms with Gasteiger partial charge in [-0.1, -0.05) is 36.5 Å². The SMILES string of the molecule is C=C(C)C(=O)OCC1COC(=Nc2ccccc2)S1. The van der Waals surface area contributed by atoms with Crippen molar-refractivity contribution >= 4 is 28.6 Å². The third-order valence-electron chi connectivity index (χ3n) is 2.39. The zero-order valence-electron chi connectivity index (χ0n) is 10.7. The summed E-state index contributed by atoms with van der Waals surface area (Å²) in [7, 11) is 0. The van der Waals surface area contributed by atoms with Gasteiger partial charge in [0.15, 0.2) is 0 Å². The molecule has 1 aromatic rings. The Kier molecular flexibility index (Phi) is 4.63. The molecule has 0 spiro atoms. The molecule has 2 rings (SSSR count). The van der Waals surface area contributed by atoms with Crippen LogP contribution >= 0.6 is 11.8 Å². The number of ether oxygens (including phenoxy) is 2. The van der Waals surface area contributed by atoms with Gasteiger partial charge in [-0.2, -0.15) is 0 Å². The first-order valence-electron chi connectivity index (χ1n) is 5.91. The summed E-state index contributed by atoms with van der Waals surface area (Å²) in [6, 6.07) is 9.60. The third kappa shape index (κ3) is 4.13. The number of nitrogens with zero attached hydrogens (tertiary/aromatic N) is 1. The second-order valence-electron chi connectivity index (χ2n) is 4.14. The first-order chi connectivity index (χ1) is 9.15. The Morgan fingerprint density at radius 1 is 1.53 bits per heavy atom. The van der Waals surface area contributed by atoms with E-state index in [2.05, 4.69) is 11.6 Å². The maximum absolute atomic E-state index is 11.3. The van der Waals surface area contributed by atoms with Crippen molar-refractivity contribution in [2.24, 2.45) is 4.99 Å². The normalized spacial score (nSPS) is 20.1. The van der Waals surface area contributed by atoms with E-state index in [1.165, 1.54) is 11.8 Å². The fourth-order valence-corrected chi connectivity index (χ4v) is 2.27. The van der Waals surface area contributed by atoms with Crippen molar-refractivity contribution in [2.45, 2.75) is 12.2 Å². The number of carbonyl (C=O) groups excluding carboxylic acids is 1. The summed E-state index contributed by atoms with van der Waals surface area (Å²) >= 11 is 1.48. The van der Waals surface area contributed by atoms with Crippen LogP contribution in [0.4, 0.5) is 5.69 Å². The Bertz CT molecular complexity index is 499. The standard InChI is InChI=1S/C14H15NO3S/c1-10(2)13(16)17-8-12-9-18-14(19-12)15-11-6-4-3-5-7-11/h3-7,12H,1,8-9H2,2H3. The molecule has 0 aliphatic carbocycles. The smallest absolute Gasteiger partial charge is 0.333 e. The van der Waals surface area contributed by atoms with Crippen LogP contribution in [-0.2, 0) is 14.3 Å². The van der Waals surface area contributed by atoms with E-state index in [0.717, 1.165) is 5.69 Å². The lowest BCUT2D eigenvalue weighted by atomic mass is 10.3. The van der Waals surface area contributed by atoms with E-state index in [4.69, 9.17) is 9.47 Å². The number of rotatable bonds is 4. The first kappa shape index (κ1) is 13.7. The number of carbonyl (C=O) groups is 1. The molecule has 1 unspecified atom stereocenters. The van der Waals surface area contributed by atoms with Gasteiger partial charge in [-0.25, -0.2) is 9.79 Å². The van der Waals surface area contributed by atoms with E-state index in [0.29, 0.717) is 24.0 Å². The van der Waals surface area contributed by atoms with Crippen molar-refractivity contribution in [2.75, 3.05) is 13.2 Å². The first-order valence-corrected chi connectivity index (χ1v) is 6.79. The van der Waals surface area contributed by atoms with Crippen LogP contribution in [0.15, 0.2) is 47.5 Å². The Hall–Kier alpha value is -1.75. The summed E-state index contributed by atoms with van der Waals surface area (Å²) in [5.41, 5.74) is 1.26. The number of thioether (sulfide) groups is 1. The summed E-state index contributed by atoms with van der Waals surface area (Å²) < 4.78 is 10.6. The average molecular weight is 277 g/mol. The van der Waals surface area contributed by atoms with E-state index in [1.54, 1.807) is 6.92 Å². The molecule has 1 saturated heterocycles. The molecule has 1 aliphatic heterocycles. The van der Waals surface area contributed by atoms with Crippen molar-refractivity contribution in [3.05, 3.63) is 42.5 Å². The average Bonchev–Trinajstić information content (AvgIpc) is 2.84. The Morgan fingerprint density at radius 2 is 2.26 bits per heavy atom. The predicted molar refractivity (Wildman–Crippen MR) is 76.6 cm³/mol. The van der Waals surface area contributed by atoms with Crippen LogP contribution in [0.25, 0.3) is 0 Å². The lowest BCUT2D eigenvalue weighted by Crippen LogP contribution is -2.16. The van der Waals surface area contributed by atoms with Gasteiger partial charge in [0.05, 0.1) is 10.9 Å². The van der Waals surface area contributed by atoms with E-state index < -0.39 is 0 Å². The molecule has 0 N–H and O–H groups in total. The van der Waals surface area contributed by atoms with Crippen molar-refractivity contribution in [1.82, 2.24) is 0 Å². The lowest BCUT2D eigenvalue weighted by molar-refractivity contribution is -0.138. The molecule has 100 valence electrons. The van der Waals surface area contributed by atoms with Crippen molar-refractivity contribution in [1.29, 1.82) is 0 Å². The van der Waals surface area contributed by atoms with E-state index in [9.17, 15) is 4.79 Å². The van der Waals surface area contributed by atoms with Crippen molar-refractivity contribution in [3.8, 4) is 0 Å². The van der Waals surface area contributed by atoms with E-state index in [1.807, 2.05) is 30.3 Å². The maximum Gasteiger partial charge on any atom is 0.333 e. The number of esters is 1. The molecule has 1 aromatic carbocycles. The summed E-state index contributed by atoms with van der Waals surface area (Å²) in [4.78, 5) is 15.6. The molecule has 4 nitrogen and oxygen atoms in total. The highest BCUT2D eigenvalue weighted by molar-refractivity contribution is 8.14. The fraction of sp³-hybridized carbons (Fsp3) is 0.286. The largest absolute Gasteiger partial charge is 0.471 e. The molecule has 1 atom stereocenters. The van der Waals surface area contributed by atoms with Crippen molar-refractivity contribution < 1.29 is 14.3 Å². The topological polar surface area (TPSA) is 47.9 Å². The van der Waals surface area contributed by atoms with Gasteiger partial charge in [0.1, 0.15) is 13.2 Å². The molecule has 19 heavy (non-hydrogen) atoms. The Labute approximate surface area is 116 Å². The number of hydrogen-bond donors (Lipinski definition) is 0. The van der Waals surface area contributed by atoms with Gasteiger partial charge in [-0.15, -0.1) is 0 Å². The number of benzene rings is 1. The summed E-state index contributed by atoms with van der Waals surface area (Å²) in [6.07, 6.45) is 0. The summed E-state index contributed by atoms with van der Waals surface area (Å²) in [5, 5.41) is 0.702. The quantitative estimate of drug-likeness (QED) is 0.627. The highest BCUT2D eigenvalue weighted by Crippen LogP contribution is 2.26. The van der Waals surface area contributed by atoms with Crippen LogP contribution in [-0.4, -0.2) is 29.7 Å².